The van der Waals surface area contributed by atoms with Gasteiger partial charge in [0, 0.05) is 37.1 Å². The van der Waals surface area contributed by atoms with Crippen molar-refractivity contribution >= 4 is 23.6 Å². The topological polar surface area (TPSA) is 69.6 Å². The lowest BCUT2D eigenvalue weighted by Gasteiger charge is -2.38. The van der Waals surface area contributed by atoms with Crippen LogP contribution >= 0.6 is 11.8 Å². The van der Waals surface area contributed by atoms with E-state index in [9.17, 15) is 9.59 Å². The molecule has 1 saturated heterocycles. The summed E-state index contributed by atoms with van der Waals surface area (Å²) in [5.74, 6) is -0.263. The van der Waals surface area contributed by atoms with Crippen LogP contribution in [0.5, 0.6) is 0 Å². The van der Waals surface area contributed by atoms with Crippen molar-refractivity contribution in [1.29, 1.82) is 0 Å². The molecule has 0 aromatic carbocycles. The summed E-state index contributed by atoms with van der Waals surface area (Å²) in [6, 6.07) is -0.477. The average Bonchev–Trinajstić information content (AvgIpc) is 2.22. The van der Waals surface area contributed by atoms with E-state index in [1.54, 1.807) is 0 Å². The average molecular weight is 260 g/mol. The first kappa shape index (κ1) is 14.3. The second-order valence-electron chi connectivity index (χ2n) is 4.40. The van der Waals surface area contributed by atoms with E-state index in [0.717, 1.165) is 12.3 Å². The van der Waals surface area contributed by atoms with E-state index in [1.807, 2.05) is 11.8 Å². The monoisotopic (exact) mass is 260 g/mol. The Labute approximate surface area is 106 Å². The van der Waals surface area contributed by atoms with E-state index < -0.39 is 12.0 Å². The van der Waals surface area contributed by atoms with Crippen molar-refractivity contribution in [3.63, 3.8) is 0 Å². The second-order valence-corrected chi connectivity index (χ2v) is 5.89. The Bertz CT molecular complexity index is 298. The molecule has 2 N–H and O–H groups in total. The van der Waals surface area contributed by atoms with Gasteiger partial charge in [-0.2, -0.15) is 11.8 Å². The maximum Gasteiger partial charge on any atom is 0.327 e. The van der Waals surface area contributed by atoms with Crippen LogP contribution in [0, 0.1) is 0 Å². The van der Waals surface area contributed by atoms with Gasteiger partial charge in [-0.05, 0) is 6.92 Å². The van der Waals surface area contributed by atoms with Crippen molar-refractivity contribution in [2.24, 2.45) is 0 Å². The SMILES string of the molecule is CC(=O)NC(CN1CCSC(C)C1C)C(=O)O. The molecular formula is C11H20N2O3S. The van der Waals surface area contributed by atoms with E-state index in [0.29, 0.717) is 17.8 Å². The lowest BCUT2D eigenvalue weighted by atomic mass is 10.1. The maximum atomic E-state index is 11.1. The number of hydrogen-bond acceptors (Lipinski definition) is 4. The standard InChI is InChI=1S/C11H20N2O3S/c1-7-8(2)17-5-4-13(7)6-10(11(15)16)12-9(3)14/h7-8,10H,4-6H2,1-3H3,(H,12,14)(H,15,16). The summed E-state index contributed by atoms with van der Waals surface area (Å²) in [6.07, 6.45) is 0. The van der Waals surface area contributed by atoms with E-state index in [1.165, 1.54) is 6.92 Å². The molecule has 17 heavy (non-hydrogen) atoms. The minimum atomic E-state index is -0.974. The molecule has 1 aliphatic heterocycles. The summed E-state index contributed by atoms with van der Waals surface area (Å²) in [5.41, 5.74) is 0. The van der Waals surface area contributed by atoms with Crippen LogP contribution < -0.4 is 5.32 Å². The number of nitrogens with one attached hydrogen (secondary N) is 1. The van der Waals surface area contributed by atoms with Crippen LogP contribution in [0.3, 0.4) is 0 Å². The Hall–Kier alpha value is -0.750. The minimum Gasteiger partial charge on any atom is -0.480 e. The fourth-order valence-electron chi connectivity index (χ4n) is 1.92. The third kappa shape index (κ3) is 4.20. The van der Waals surface area contributed by atoms with Crippen molar-refractivity contribution < 1.29 is 14.7 Å². The largest absolute Gasteiger partial charge is 0.480 e. The van der Waals surface area contributed by atoms with E-state index in [4.69, 9.17) is 5.11 Å². The molecule has 5 nitrogen and oxygen atoms in total. The van der Waals surface area contributed by atoms with Gasteiger partial charge in [-0.15, -0.1) is 0 Å². The smallest absolute Gasteiger partial charge is 0.327 e. The summed E-state index contributed by atoms with van der Waals surface area (Å²) in [7, 11) is 0. The quantitative estimate of drug-likeness (QED) is 0.766. The molecule has 1 aliphatic rings. The molecule has 0 aromatic heterocycles. The van der Waals surface area contributed by atoms with Gasteiger partial charge in [0.15, 0.2) is 0 Å². The van der Waals surface area contributed by atoms with Gasteiger partial charge in [0.2, 0.25) is 5.91 Å². The molecule has 1 rings (SSSR count). The van der Waals surface area contributed by atoms with Crippen molar-refractivity contribution in [2.45, 2.75) is 38.1 Å². The summed E-state index contributed by atoms with van der Waals surface area (Å²) in [4.78, 5) is 24.1. The first-order chi connectivity index (χ1) is 7.91. The first-order valence-corrected chi connectivity index (χ1v) is 6.82. The number of nitrogens with zero attached hydrogens (tertiary/aromatic N) is 1. The van der Waals surface area contributed by atoms with Crippen LogP contribution in [0.2, 0.25) is 0 Å². The van der Waals surface area contributed by atoms with Crippen LogP contribution in [0.4, 0.5) is 0 Å². The van der Waals surface area contributed by atoms with Gasteiger partial charge in [0.1, 0.15) is 6.04 Å². The maximum absolute atomic E-state index is 11.1. The highest BCUT2D eigenvalue weighted by Crippen LogP contribution is 2.24. The van der Waals surface area contributed by atoms with Crippen LogP contribution in [-0.4, -0.2) is 58.1 Å². The predicted octanol–water partition coefficient (Wildman–Crippen LogP) is 0.402. The van der Waals surface area contributed by atoms with Gasteiger partial charge in [0.05, 0.1) is 0 Å². The number of rotatable bonds is 4. The number of carbonyl (C=O) groups excluding carboxylic acids is 1. The van der Waals surface area contributed by atoms with E-state index in [2.05, 4.69) is 24.1 Å². The van der Waals surface area contributed by atoms with Crippen LogP contribution in [0.25, 0.3) is 0 Å². The third-order valence-corrected chi connectivity index (χ3v) is 4.45. The van der Waals surface area contributed by atoms with Gasteiger partial charge in [-0.25, -0.2) is 4.79 Å². The van der Waals surface area contributed by atoms with Crippen molar-refractivity contribution in [2.75, 3.05) is 18.8 Å². The fourth-order valence-corrected chi connectivity index (χ4v) is 3.08. The van der Waals surface area contributed by atoms with Crippen molar-refractivity contribution in [3.8, 4) is 0 Å². The molecular weight excluding hydrogens is 240 g/mol. The molecule has 0 spiro atoms. The summed E-state index contributed by atoms with van der Waals surface area (Å²) in [5, 5.41) is 12.0. The zero-order chi connectivity index (χ0) is 13.0. The molecule has 98 valence electrons. The number of carbonyl (C=O) groups is 2. The Kier molecular flexibility index (Phi) is 5.27. The Morgan fingerprint density at radius 1 is 1.53 bits per heavy atom. The van der Waals surface area contributed by atoms with Gasteiger partial charge >= 0.3 is 5.97 Å². The Balaban J connectivity index is 2.59. The highest BCUT2D eigenvalue weighted by atomic mass is 32.2. The zero-order valence-electron chi connectivity index (χ0n) is 10.5. The number of amides is 1. The summed E-state index contributed by atoms with van der Waals surface area (Å²) >= 11 is 1.90. The highest BCUT2D eigenvalue weighted by molar-refractivity contribution is 8.00. The Morgan fingerprint density at radius 2 is 2.18 bits per heavy atom. The first-order valence-electron chi connectivity index (χ1n) is 5.77. The Morgan fingerprint density at radius 3 is 2.71 bits per heavy atom. The van der Waals surface area contributed by atoms with Gasteiger partial charge in [0.25, 0.3) is 0 Å². The van der Waals surface area contributed by atoms with Crippen molar-refractivity contribution in [3.05, 3.63) is 0 Å². The molecule has 1 heterocycles. The second kappa shape index (κ2) is 6.26. The molecule has 0 radical (unpaired) electrons. The normalized spacial score (nSPS) is 27.5. The number of hydrogen-bond donors (Lipinski definition) is 2. The van der Waals surface area contributed by atoms with Gasteiger partial charge in [-0.3, -0.25) is 9.69 Å². The molecule has 6 heteroatoms. The molecule has 1 fully saturated rings. The van der Waals surface area contributed by atoms with Gasteiger partial charge < -0.3 is 10.4 Å². The summed E-state index contributed by atoms with van der Waals surface area (Å²) < 4.78 is 0. The minimum absolute atomic E-state index is 0.301. The molecule has 3 atom stereocenters. The highest BCUT2D eigenvalue weighted by Gasteiger charge is 2.29. The third-order valence-electron chi connectivity index (χ3n) is 3.11. The van der Waals surface area contributed by atoms with E-state index in [-0.39, 0.29) is 5.91 Å². The molecule has 1 amide bonds. The molecule has 3 unspecified atom stereocenters. The molecule has 0 aliphatic carbocycles. The van der Waals surface area contributed by atoms with Crippen molar-refractivity contribution in [1.82, 2.24) is 10.2 Å². The number of thioether (sulfide) groups is 1. The lowest BCUT2D eigenvalue weighted by Crippen LogP contribution is -2.53. The number of carboxylic acid groups (broad SMARTS) is 1. The zero-order valence-corrected chi connectivity index (χ0v) is 11.3. The van der Waals surface area contributed by atoms with E-state index >= 15 is 0 Å². The van der Waals surface area contributed by atoms with Gasteiger partial charge in [-0.1, -0.05) is 6.92 Å². The molecule has 0 aromatic rings. The molecule has 0 saturated carbocycles. The predicted molar refractivity (Wildman–Crippen MR) is 68.2 cm³/mol. The summed E-state index contributed by atoms with van der Waals surface area (Å²) in [6.45, 7) is 6.84. The molecule has 0 bridgehead atoms. The number of aliphatic carboxylic acids is 1. The fraction of sp³-hybridized carbons (Fsp3) is 0.818. The lowest BCUT2D eigenvalue weighted by molar-refractivity contribution is -0.142. The number of carboxylic acids is 1. The van der Waals surface area contributed by atoms with Crippen LogP contribution in [-0.2, 0) is 9.59 Å². The van der Waals surface area contributed by atoms with Crippen LogP contribution in [0.15, 0.2) is 0 Å². The van der Waals surface area contributed by atoms with Crippen LogP contribution in [0.1, 0.15) is 20.8 Å².